The number of ether oxygens (including phenoxy) is 1. The fourth-order valence-electron chi connectivity index (χ4n) is 3.59. The number of nitrogens with two attached hydrogens (primary N) is 1. The minimum Gasteiger partial charge on any atom is -0.444 e. The number of hydrogen-bond donors (Lipinski definition) is 2. The van der Waals surface area contributed by atoms with Crippen LogP contribution in [0, 0.1) is 0 Å². The van der Waals surface area contributed by atoms with Gasteiger partial charge in [0.05, 0.1) is 11.6 Å². The van der Waals surface area contributed by atoms with Gasteiger partial charge in [-0.3, -0.25) is 4.98 Å². The number of anilines is 1. The Morgan fingerprint density at radius 3 is 2.81 bits per heavy atom. The van der Waals surface area contributed by atoms with Crippen molar-refractivity contribution in [3.8, 4) is 11.1 Å². The summed E-state index contributed by atoms with van der Waals surface area (Å²) < 4.78 is 7.12. The molecule has 8 heteroatoms. The zero-order valence-electron chi connectivity index (χ0n) is 18.4. The van der Waals surface area contributed by atoms with Crippen LogP contribution in [-0.4, -0.2) is 37.3 Å². The number of fused-ring (bicyclic) bond motifs is 2. The number of carbonyl (C=O) groups excluding carboxylic acids is 1. The SMILES string of the molecule is C=CC(Cc1cc(-c2cnc3ccccc3c2)c2c(N)ncnn12)NC(=O)OC(C)(C)C. The lowest BCUT2D eigenvalue weighted by Gasteiger charge is -2.22. The first-order valence-corrected chi connectivity index (χ1v) is 10.3. The monoisotopic (exact) mass is 430 g/mol. The minimum absolute atomic E-state index is 0.360. The van der Waals surface area contributed by atoms with Crippen LogP contribution in [0.3, 0.4) is 0 Å². The van der Waals surface area contributed by atoms with Crippen LogP contribution in [0.5, 0.6) is 0 Å². The number of nitrogens with one attached hydrogen (secondary N) is 1. The van der Waals surface area contributed by atoms with Crippen LogP contribution in [0.1, 0.15) is 26.5 Å². The maximum Gasteiger partial charge on any atom is 0.408 e. The first-order valence-electron chi connectivity index (χ1n) is 10.3. The van der Waals surface area contributed by atoms with Crippen LogP contribution in [0.4, 0.5) is 10.6 Å². The number of para-hydroxylation sites is 1. The van der Waals surface area contributed by atoms with Crippen LogP contribution < -0.4 is 11.1 Å². The summed E-state index contributed by atoms with van der Waals surface area (Å²) in [5.41, 5.74) is 9.88. The molecule has 3 aromatic heterocycles. The molecule has 164 valence electrons. The molecule has 1 atom stereocenters. The van der Waals surface area contributed by atoms with Crippen LogP contribution in [0.2, 0.25) is 0 Å². The van der Waals surface area contributed by atoms with E-state index >= 15 is 0 Å². The highest BCUT2D eigenvalue weighted by molar-refractivity contribution is 5.92. The van der Waals surface area contributed by atoms with E-state index in [4.69, 9.17) is 10.5 Å². The molecule has 0 aliphatic carbocycles. The van der Waals surface area contributed by atoms with E-state index in [1.807, 2.05) is 57.3 Å². The molecule has 3 heterocycles. The average Bonchev–Trinajstić information content (AvgIpc) is 3.11. The second-order valence-electron chi connectivity index (χ2n) is 8.56. The summed E-state index contributed by atoms with van der Waals surface area (Å²) in [5.74, 6) is 0.365. The number of carbonyl (C=O) groups is 1. The van der Waals surface area contributed by atoms with Gasteiger partial charge in [0.1, 0.15) is 17.4 Å². The van der Waals surface area contributed by atoms with Gasteiger partial charge in [0.15, 0.2) is 5.82 Å². The Morgan fingerprint density at radius 2 is 2.06 bits per heavy atom. The predicted molar refractivity (Wildman–Crippen MR) is 125 cm³/mol. The summed E-state index contributed by atoms with van der Waals surface area (Å²) >= 11 is 0. The van der Waals surface area contributed by atoms with E-state index in [9.17, 15) is 4.79 Å². The minimum atomic E-state index is -0.588. The van der Waals surface area contributed by atoms with Crippen molar-refractivity contribution in [3.05, 3.63) is 67.3 Å². The zero-order valence-corrected chi connectivity index (χ0v) is 18.4. The summed E-state index contributed by atoms with van der Waals surface area (Å²) in [6.45, 7) is 9.31. The van der Waals surface area contributed by atoms with Gasteiger partial charge >= 0.3 is 6.09 Å². The Balaban J connectivity index is 1.72. The lowest BCUT2D eigenvalue weighted by Crippen LogP contribution is -2.39. The third-order valence-corrected chi connectivity index (χ3v) is 4.97. The topological polar surface area (TPSA) is 107 Å². The van der Waals surface area contributed by atoms with Crippen molar-refractivity contribution in [2.75, 3.05) is 5.73 Å². The predicted octanol–water partition coefficient (Wildman–Crippen LogP) is 4.15. The Labute approximate surface area is 186 Å². The van der Waals surface area contributed by atoms with Crippen molar-refractivity contribution in [1.82, 2.24) is 24.9 Å². The second kappa shape index (κ2) is 8.30. The molecule has 3 N–H and O–H groups in total. The molecular formula is C24H26N6O2. The highest BCUT2D eigenvalue weighted by Crippen LogP contribution is 2.32. The molecular weight excluding hydrogens is 404 g/mol. The third kappa shape index (κ3) is 4.39. The number of nitrogen functional groups attached to an aromatic ring is 1. The molecule has 1 aromatic carbocycles. The van der Waals surface area contributed by atoms with Gasteiger partial charge in [-0.2, -0.15) is 5.10 Å². The van der Waals surface area contributed by atoms with Gasteiger partial charge in [0.25, 0.3) is 0 Å². The summed E-state index contributed by atoms with van der Waals surface area (Å²) in [6, 6.07) is 11.6. The quantitative estimate of drug-likeness (QED) is 0.461. The number of amides is 1. The molecule has 0 radical (unpaired) electrons. The standard InChI is InChI=1S/C24H26N6O2/c1-5-17(29-23(31)32-24(2,3)4)11-18-12-19(21-22(25)27-14-28-30(18)21)16-10-15-8-6-7-9-20(15)26-13-16/h5-10,12-14,17H,1,11H2,2-4H3,(H,29,31)(H2,25,27,28). The molecule has 0 aliphatic rings. The lowest BCUT2D eigenvalue weighted by molar-refractivity contribution is 0.0514. The van der Waals surface area contributed by atoms with Crippen molar-refractivity contribution in [3.63, 3.8) is 0 Å². The van der Waals surface area contributed by atoms with Crippen molar-refractivity contribution in [2.24, 2.45) is 0 Å². The van der Waals surface area contributed by atoms with E-state index < -0.39 is 11.7 Å². The highest BCUT2D eigenvalue weighted by Gasteiger charge is 2.21. The van der Waals surface area contributed by atoms with Crippen LogP contribution in [0.25, 0.3) is 27.5 Å². The summed E-state index contributed by atoms with van der Waals surface area (Å²) in [5, 5.41) is 8.27. The molecule has 0 aliphatic heterocycles. The van der Waals surface area contributed by atoms with E-state index in [1.54, 1.807) is 10.6 Å². The molecule has 32 heavy (non-hydrogen) atoms. The molecule has 4 aromatic rings. The number of pyridine rings is 1. The van der Waals surface area contributed by atoms with Gasteiger partial charge < -0.3 is 15.8 Å². The first kappa shape index (κ1) is 21.3. The molecule has 0 fully saturated rings. The van der Waals surface area contributed by atoms with Crippen LogP contribution >= 0.6 is 0 Å². The molecule has 0 saturated carbocycles. The van der Waals surface area contributed by atoms with Gasteiger partial charge in [-0.15, -0.1) is 6.58 Å². The van der Waals surface area contributed by atoms with E-state index in [0.717, 1.165) is 27.7 Å². The van der Waals surface area contributed by atoms with E-state index in [0.29, 0.717) is 17.8 Å². The first-order chi connectivity index (χ1) is 15.2. The van der Waals surface area contributed by atoms with Gasteiger partial charge in [-0.25, -0.2) is 14.3 Å². The van der Waals surface area contributed by atoms with Gasteiger partial charge in [0, 0.05) is 34.8 Å². The molecule has 0 spiro atoms. The fraction of sp³-hybridized carbons (Fsp3) is 0.250. The smallest absolute Gasteiger partial charge is 0.408 e. The molecule has 8 nitrogen and oxygen atoms in total. The van der Waals surface area contributed by atoms with Gasteiger partial charge in [0.2, 0.25) is 0 Å². The Morgan fingerprint density at radius 1 is 1.28 bits per heavy atom. The lowest BCUT2D eigenvalue weighted by atomic mass is 10.1. The third-order valence-electron chi connectivity index (χ3n) is 4.97. The molecule has 1 amide bonds. The number of nitrogens with zero attached hydrogens (tertiary/aromatic N) is 4. The number of aromatic nitrogens is 4. The number of alkyl carbamates (subject to hydrolysis) is 1. The molecule has 0 bridgehead atoms. The normalized spacial score (nSPS) is 12.6. The number of hydrogen-bond acceptors (Lipinski definition) is 6. The second-order valence-corrected chi connectivity index (χ2v) is 8.56. The average molecular weight is 431 g/mol. The van der Waals surface area contributed by atoms with Crippen molar-refractivity contribution in [2.45, 2.75) is 38.8 Å². The Kier molecular flexibility index (Phi) is 5.52. The zero-order chi connectivity index (χ0) is 22.9. The van der Waals surface area contributed by atoms with Crippen molar-refractivity contribution in [1.29, 1.82) is 0 Å². The number of rotatable bonds is 5. The van der Waals surface area contributed by atoms with Crippen LogP contribution in [0.15, 0.2) is 61.6 Å². The highest BCUT2D eigenvalue weighted by atomic mass is 16.6. The van der Waals surface area contributed by atoms with Crippen LogP contribution in [-0.2, 0) is 11.2 Å². The largest absolute Gasteiger partial charge is 0.444 e. The molecule has 0 saturated heterocycles. The Hall–Kier alpha value is -3.94. The van der Waals surface area contributed by atoms with Gasteiger partial charge in [-0.05, 0) is 39.0 Å². The summed E-state index contributed by atoms with van der Waals surface area (Å²) in [7, 11) is 0. The fourth-order valence-corrected chi connectivity index (χ4v) is 3.59. The Bertz CT molecular complexity index is 1310. The molecule has 1 unspecified atom stereocenters. The van der Waals surface area contributed by atoms with E-state index in [1.165, 1.54) is 6.33 Å². The van der Waals surface area contributed by atoms with Gasteiger partial charge in [-0.1, -0.05) is 24.3 Å². The number of benzene rings is 1. The maximum absolute atomic E-state index is 12.2. The summed E-state index contributed by atoms with van der Waals surface area (Å²) in [6.07, 6.45) is 4.85. The summed E-state index contributed by atoms with van der Waals surface area (Å²) in [4.78, 5) is 21.0. The van der Waals surface area contributed by atoms with Crippen molar-refractivity contribution >= 4 is 28.3 Å². The van der Waals surface area contributed by atoms with E-state index in [2.05, 4.69) is 33.0 Å². The maximum atomic E-state index is 12.2. The molecule has 4 rings (SSSR count). The van der Waals surface area contributed by atoms with E-state index in [-0.39, 0.29) is 6.04 Å². The van der Waals surface area contributed by atoms with Crippen molar-refractivity contribution < 1.29 is 9.53 Å².